The molecule has 25 heavy (non-hydrogen) atoms. The Hall–Kier alpha value is -1.76. The summed E-state index contributed by atoms with van der Waals surface area (Å²) in [5.74, 6) is -0.0888. The van der Waals surface area contributed by atoms with Crippen molar-refractivity contribution in [3.05, 3.63) is 45.1 Å². The first-order chi connectivity index (χ1) is 12.0. The summed E-state index contributed by atoms with van der Waals surface area (Å²) in [5.41, 5.74) is 1.92. The molecule has 3 amide bonds. The van der Waals surface area contributed by atoms with E-state index in [1.54, 1.807) is 23.1 Å². The number of nitrogens with zero attached hydrogens (tertiary/aromatic N) is 1. The number of nitrogens with one attached hydrogen (secondary N) is 2. The maximum absolute atomic E-state index is 12.9. The summed E-state index contributed by atoms with van der Waals surface area (Å²) < 4.78 is 5.63. The van der Waals surface area contributed by atoms with Crippen LogP contribution in [0.5, 0.6) is 0 Å². The first kappa shape index (κ1) is 16.7. The van der Waals surface area contributed by atoms with Gasteiger partial charge in [-0.15, -0.1) is 0 Å². The SMILES string of the molecule is O=C1NC2=C(C(=O)N(C[C@H]3CCCO3)C2)[C@H](c2ccc(Cl)c(Cl)c2)N1. The molecule has 2 atom stereocenters. The smallest absolute Gasteiger partial charge is 0.319 e. The Morgan fingerprint density at radius 3 is 2.80 bits per heavy atom. The van der Waals surface area contributed by atoms with Crippen LogP contribution in [-0.2, 0) is 9.53 Å². The lowest BCUT2D eigenvalue weighted by atomic mass is 9.96. The van der Waals surface area contributed by atoms with Crippen molar-refractivity contribution in [3.8, 4) is 0 Å². The predicted molar refractivity (Wildman–Crippen MR) is 93.5 cm³/mol. The molecule has 6 nitrogen and oxygen atoms in total. The minimum atomic E-state index is -0.541. The second kappa shape index (κ2) is 6.52. The van der Waals surface area contributed by atoms with E-state index >= 15 is 0 Å². The number of benzene rings is 1. The molecule has 1 fully saturated rings. The van der Waals surface area contributed by atoms with Crippen LogP contribution in [0.25, 0.3) is 0 Å². The fourth-order valence-corrected chi connectivity index (χ4v) is 3.86. The van der Waals surface area contributed by atoms with E-state index in [0.29, 0.717) is 34.4 Å². The molecular weight excluding hydrogens is 365 g/mol. The zero-order valence-corrected chi connectivity index (χ0v) is 14.9. The lowest BCUT2D eigenvalue weighted by molar-refractivity contribution is -0.127. The molecule has 132 valence electrons. The van der Waals surface area contributed by atoms with Gasteiger partial charge in [-0.1, -0.05) is 29.3 Å². The monoisotopic (exact) mass is 381 g/mol. The van der Waals surface area contributed by atoms with Crippen LogP contribution in [0.2, 0.25) is 10.0 Å². The zero-order valence-electron chi connectivity index (χ0n) is 13.4. The van der Waals surface area contributed by atoms with Gasteiger partial charge in [-0.05, 0) is 30.5 Å². The molecule has 0 bridgehead atoms. The Bertz CT molecular complexity index is 774. The van der Waals surface area contributed by atoms with Gasteiger partial charge in [-0.25, -0.2) is 4.79 Å². The summed E-state index contributed by atoms with van der Waals surface area (Å²) in [7, 11) is 0. The van der Waals surface area contributed by atoms with E-state index in [9.17, 15) is 9.59 Å². The number of hydrogen-bond acceptors (Lipinski definition) is 3. The third-order valence-corrected chi connectivity index (χ3v) is 5.48. The Morgan fingerprint density at radius 2 is 2.08 bits per heavy atom. The summed E-state index contributed by atoms with van der Waals surface area (Å²) in [5, 5.41) is 6.38. The molecular formula is C17H17Cl2N3O3. The quantitative estimate of drug-likeness (QED) is 0.845. The fourth-order valence-electron chi connectivity index (χ4n) is 3.55. The van der Waals surface area contributed by atoms with Crippen LogP contribution in [0.4, 0.5) is 4.79 Å². The van der Waals surface area contributed by atoms with Gasteiger partial charge in [0.15, 0.2) is 0 Å². The van der Waals surface area contributed by atoms with Gasteiger partial charge in [-0.3, -0.25) is 4.79 Å². The van der Waals surface area contributed by atoms with Gasteiger partial charge in [0.05, 0.1) is 40.0 Å². The second-order valence-electron chi connectivity index (χ2n) is 6.42. The Kier molecular flexibility index (Phi) is 4.35. The molecule has 3 aliphatic rings. The molecule has 0 aromatic heterocycles. The molecule has 3 aliphatic heterocycles. The minimum absolute atomic E-state index is 0.0670. The molecule has 4 rings (SSSR count). The molecule has 0 aliphatic carbocycles. The molecule has 3 heterocycles. The van der Waals surface area contributed by atoms with Crippen LogP contribution in [0.3, 0.4) is 0 Å². The summed E-state index contributed by atoms with van der Waals surface area (Å²) >= 11 is 12.1. The van der Waals surface area contributed by atoms with E-state index in [-0.39, 0.29) is 18.0 Å². The number of ether oxygens (including phenoxy) is 1. The molecule has 1 aromatic rings. The summed E-state index contributed by atoms with van der Waals surface area (Å²) in [4.78, 5) is 26.7. The van der Waals surface area contributed by atoms with E-state index in [1.807, 2.05) is 0 Å². The van der Waals surface area contributed by atoms with Crippen LogP contribution < -0.4 is 10.6 Å². The van der Waals surface area contributed by atoms with E-state index in [1.165, 1.54) is 0 Å². The summed E-state index contributed by atoms with van der Waals surface area (Å²) in [6.45, 7) is 1.67. The van der Waals surface area contributed by atoms with Gasteiger partial charge in [-0.2, -0.15) is 0 Å². The standard InChI is InChI=1S/C17H17Cl2N3O3/c18-11-4-3-9(6-12(11)19)15-14-13(20-17(24)21-15)8-22(16(14)23)7-10-2-1-5-25-10/h3-4,6,10,15H,1-2,5,7-8H2,(H2,20,21,24)/t10-,15+/m1/s1. The van der Waals surface area contributed by atoms with Crippen molar-refractivity contribution in [3.63, 3.8) is 0 Å². The second-order valence-corrected chi connectivity index (χ2v) is 7.23. The number of amides is 3. The lowest BCUT2D eigenvalue weighted by Crippen LogP contribution is -2.44. The van der Waals surface area contributed by atoms with Crippen LogP contribution in [0.15, 0.2) is 29.5 Å². The number of halogens is 2. The fraction of sp³-hybridized carbons (Fsp3) is 0.412. The average molecular weight is 382 g/mol. The van der Waals surface area contributed by atoms with Gasteiger partial charge in [0.2, 0.25) is 0 Å². The summed E-state index contributed by atoms with van der Waals surface area (Å²) in [6.07, 6.45) is 2.04. The number of rotatable bonds is 3. The molecule has 8 heteroatoms. The highest BCUT2D eigenvalue weighted by atomic mass is 35.5. The van der Waals surface area contributed by atoms with Crippen molar-refractivity contribution >= 4 is 35.1 Å². The first-order valence-corrected chi connectivity index (χ1v) is 8.95. The highest BCUT2D eigenvalue weighted by molar-refractivity contribution is 6.42. The zero-order chi connectivity index (χ0) is 17.6. The maximum Gasteiger partial charge on any atom is 0.319 e. The third-order valence-electron chi connectivity index (χ3n) is 4.75. The van der Waals surface area contributed by atoms with Gasteiger partial charge >= 0.3 is 6.03 Å². The lowest BCUT2D eigenvalue weighted by Gasteiger charge is -2.26. The van der Waals surface area contributed by atoms with Gasteiger partial charge in [0.1, 0.15) is 0 Å². The minimum Gasteiger partial charge on any atom is -0.376 e. The largest absolute Gasteiger partial charge is 0.376 e. The third kappa shape index (κ3) is 3.10. The Balaban J connectivity index is 1.62. The van der Waals surface area contributed by atoms with E-state index in [2.05, 4.69) is 10.6 Å². The Morgan fingerprint density at radius 1 is 1.24 bits per heavy atom. The molecule has 0 unspecified atom stereocenters. The molecule has 0 spiro atoms. The molecule has 0 radical (unpaired) electrons. The maximum atomic E-state index is 12.9. The number of carbonyl (C=O) groups is 2. The van der Waals surface area contributed by atoms with Crippen molar-refractivity contribution in [2.45, 2.75) is 25.0 Å². The molecule has 1 saturated heterocycles. The van der Waals surface area contributed by atoms with Crippen LogP contribution >= 0.6 is 23.2 Å². The van der Waals surface area contributed by atoms with Gasteiger partial charge in [0.25, 0.3) is 5.91 Å². The molecule has 1 aromatic carbocycles. The van der Waals surface area contributed by atoms with Gasteiger partial charge < -0.3 is 20.3 Å². The van der Waals surface area contributed by atoms with Crippen LogP contribution in [-0.4, -0.2) is 42.6 Å². The van der Waals surface area contributed by atoms with Crippen molar-refractivity contribution in [2.75, 3.05) is 19.7 Å². The number of urea groups is 1. The average Bonchev–Trinajstić information content (AvgIpc) is 3.18. The topological polar surface area (TPSA) is 70.7 Å². The number of hydrogen-bond donors (Lipinski definition) is 2. The van der Waals surface area contributed by atoms with Crippen LogP contribution in [0, 0.1) is 0 Å². The van der Waals surface area contributed by atoms with Gasteiger partial charge in [0, 0.05) is 13.2 Å². The first-order valence-electron chi connectivity index (χ1n) is 8.19. The van der Waals surface area contributed by atoms with Crippen molar-refractivity contribution in [1.82, 2.24) is 15.5 Å². The molecule has 0 saturated carbocycles. The van der Waals surface area contributed by atoms with Crippen molar-refractivity contribution in [2.24, 2.45) is 0 Å². The van der Waals surface area contributed by atoms with E-state index in [4.69, 9.17) is 27.9 Å². The molecule has 2 N–H and O–H groups in total. The normalized spacial score (nSPS) is 25.9. The Labute approximate surface area is 155 Å². The predicted octanol–water partition coefficient (Wildman–Crippen LogP) is 2.62. The summed E-state index contributed by atoms with van der Waals surface area (Å²) in [6, 6.07) is 4.24. The van der Waals surface area contributed by atoms with Crippen molar-refractivity contribution in [1.29, 1.82) is 0 Å². The van der Waals surface area contributed by atoms with E-state index in [0.717, 1.165) is 25.0 Å². The van der Waals surface area contributed by atoms with Crippen molar-refractivity contribution < 1.29 is 14.3 Å². The highest BCUT2D eigenvalue weighted by Crippen LogP contribution is 2.35. The highest BCUT2D eigenvalue weighted by Gasteiger charge is 2.41. The van der Waals surface area contributed by atoms with E-state index < -0.39 is 6.04 Å². The number of carbonyl (C=O) groups excluding carboxylic acids is 2. The van der Waals surface area contributed by atoms with Crippen LogP contribution in [0.1, 0.15) is 24.4 Å².